The smallest absolute Gasteiger partial charge is 0.345 e. The molecule has 0 aliphatic carbocycles. The summed E-state index contributed by atoms with van der Waals surface area (Å²) in [4.78, 5) is 14.0. The second kappa shape index (κ2) is 2.29. The Morgan fingerprint density at radius 1 is 1.85 bits per heavy atom. The van der Waals surface area contributed by atoms with E-state index in [0.29, 0.717) is 12.4 Å². The van der Waals surface area contributed by atoms with Crippen LogP contribution < -0.4 is 0 Å². The average molecular weight is 183 g/mol. The average Bonchev–Trinajstić information content (AvgIpc) is 2.62. The molecule has 1 aliphatic heterocycles. The lowest BCUT2D eigenvalue weighted by molar-refractivity contribution is -0.393. The topological polar surface area (TPSA) is 73.5 Å². The van der Waals surface area contributed by atoms with Crippen LogP contribution in [0.1, 0.15) is 12.7 Å². The Kier molecular flexibility index (Phi) is 1.44. The molecule has 1 atom stereocenters. The molecule has 6 heteroatoms. The van der Waals surface area contributed by atoms with Gasteiger partial charge in [0.2, 0.25) is 5.72 Å². The maximum atomic E-state index is 10.6. The van der Waals surface area contributed by atoms with Gasteiger partial charge in [-0.2, -0.15) is 4.57 Å². The summed E-state index contributed by atoms with van der Waals surface area (Å²) in [7, 11) is 0. The van der Waals surface area contributed by atoms with Crippen molar-refractivity contribution >= 4 is 5.82 Å². The van der Waals surface area contributed by atoms with Crippen LogP contribution in [-0.4, -0.2) is 21.1 Å². The molecule has 1 fully saturated rings. The highest BCUT2D eigenvalue weighted by molar-refractivity contribution is 5.22. The first-order chi connectivity index (χ1) is 6.04. The standard InChI is InChI=1S/C7H9N3O3/c1-5-8-3-6(10(11)12)9(5)7(2)4-13-7/h3H,4H2,1-2H3/t7-/m1/s1. The lowest BCUT2D eigenvalue weighted by atomic mass is 10.3. The minimum absolute atomic E-state index is 0.0162. The SMILES string of the molecule is Cc1ncc([N+](=O)[O-])n1[C@@]1(C)CO1. The Hall–Kier alpha value is -1.43. The Labute approximate surface area is 74.3 Å². The van der Waals surface area contributed by atoms with E-state index < -0.39 is 10.6 Å². The summed E-state index contributed by atoms with van der Waals surface area (Å²) in [5.74, 6) is 0.587. The molecule has 70 valence electrons. The van der Waals surface area contributed by atoms with Crippen LogP contribution in [0, 0.1) is 17.0 Å². The summed E-state index contributed by atoms with van der Waals surface area (Å²) >= 11 is 0. The lowest BCUT2D eigenvalue weighted by Gasteiger charge is -2.05. The first-order valence-electron chi connectivity index (χ1n) is 3.88. The van der Waals surface area contributed by atoms with Gasteiger partial charge in [-0.25, -0.2) is 4.98 Å². The van der Waals surface area contributed by atoms with Crippen LogP contribution in [0.5, 0.6) is 0 Å². The molecule has 1 aliphatic rings. The van der Waals surface area contributed by atoms with Crippen LogP contribution in [0.15, 0.2) is 6.20 Å². The highest BCUT2D eigenvalue weighted by Gasteiger charge is 2.50. The molecule has 13 heavy (non-hydrogen) atoms. The third kappa shape index (κ3) is 1.10. The van der Waals surface area contributed by atoms with Gasteiger partial charge in [0, 0.05) is 13.8 Å². The molecule has 2 rings (SSSR count). The third-order valence-electron chi connectivity index (χ3n) is 2.14. The Morgan fingerprint density at radius 2 is 2.46 bits per heavy atom. The number of nitro groups is 1. The fraction of sp³-hybridized carbons (Fsp3) is 0.571. The molecule has 6 nitrogen and oxygen atoms in total. The summed E-state index contributed by atoms with van der Waals surface area (Å²) in [5, 5.41) is 10.6. The summed E-state index contributed by atoms with van der Waals surface area (Å²) in [6.07, 6.45) is 1.25. The Balaban J connectivity index is 2.53. The molecule has 0 radical (unpaired) electrons. The maximum Gasteiger partial charge on any atom is 0.345 e. The quantitative estimate of drug-likeness (QED) is 0.386. The first kappa shape index (κ1) is 8.18. The summed E-state index contributed by atoms with van der Waals surface area (Å²) < 4.78 is 6.64. The van der Waals surface area contributed by atoms with E-state index in [4.69, 9.17) is 4.74 Å². The zero-order valence-corrected chi connectivity index (χ0v) is 7.35. The summed E-state index contributed by atoms with van der Waals surface area (Å²) in [6.45, 7) is 4.03. The Morgan fingerprint density at radius 3 is 2.92 bits per heavy atom. The van der Waals surface area contributed by atoms with Gasteiger partial charge in [0.15, 0.2) is 5.82 Å². The molecule has 2 heterocycles. The Bertz CT molecular complexity index is 367. The van der Waals surface area contributed by atoms with Crippen LogP contribution in [-0.2, 0) is 10.5 Å². The van der Waals surface area contributed by atoms with Gasteiger partial charge in [-0.15, -0.1) is 0 Å². The van der Waals surface area contributed by atoms with Crippen LogP contribution in [0.3, 0.4) is 0 Å². The van der Waals surface area contributed by atoms with E-state index >= 15 is 0 Å². The number of imidazole rings is 1. The number of aryl methyl sites for hydroxylation is 1. The van der Waals surface area contributed by atoms with Gasteiger partial charge in [-0.3, -0.25) is 0 Å². The van der Waals surface area contributed by atoms with Crippen LogP contribution in [0.4, 0.5) is 5.82 Å². The number of aromatic nitrogens is 2. The van der Waals surface area contributed by atoms with E-state index in [2.05, 4.69) is 4.98 Å². The van der Waals surface area contributed by atoms with E-state index in [1.807, 2.05) is 0 Å². The van der Waals surface area contributed by atoms with Crippen molar-refractivity contribution in [1.29, 1.82) is 0 Å². The number of hydrogen-bond donors (Lipinski definition) is 0. The highest BCUT2D eigenvalue weighted by atomic mass is 16.6. The molecule has 0 saturated carbocycles. The molecular weight excluding hydrogens is 174 g/mol. The van der Waals surface area contributed by atoms with Gasteiger partial charge in [0.1, 0.15) is 12.8 Å². The van der Waals surface area contributed by atoms with Crippen molar-refractivity contribution in [1.82, 2.24) is 9.55 Å². The van der Waals surface area contributed by atoms with Crippen molar-refractivity contribution < 1.29 is 9.66 Å². The predicted octanol–water partition coefficient (Wildman–Crippen LogP) is 0.803. The minimum atomic E-state index is -0.553. The second-order valence-electron chi connectivity index (χ2n) is 3.22. The number of nitrogens with zero attached hydrogens (tertiary/aromatic N) is 3. The number of epoxide rings is 1. The van der Waals surface area contributed by atoms with Gasteiger partial charge in [-0.05, 0) is 4.92 Å². The zero-order chi connectivity index (χ0) is 9.64. The molecule has 0 amide bonds. The van der Waals surface area contributed by atoms with E-state index in [0.717, 1.165) is 0 Å². The van der Waals surface area contributed by atoms with Gasteiger partial charge >= 0.3 is 5.82 Å². The van der Waals surface area contributed by atoms with E-state index in [-0.39, 0.29) is 5.82 Å². The first-order valence-corrected chi connectivity index (χ1v) is 3.88. The van der Waals surface area contributed by atoms with E-state index in [1.165, 1.54) is 10.8 Å². The maximum absolute atomic E-state index is 10.6. The monoisotopic (exact) mass is 183 g/mol. The molecule has 0 N–H and O–H groups in total. The minimum Gasteiger partial charge on any atom is -0.358 e. The highest BCUT2D eigenvalue weighted by Crippen LogP contribution is 2.36. The summed E-state index contributed by atoms with van der Waals surface area (Å²) in [6, 6.07) is 0. The molecule has 0 unspecified atom stereocenters. The van der Waals surface area contributed by atoms with E-state index in [1.54, 1.807) is 13.8 Å². The number of rotatable bonds is 2. The third-order valence-corrected chi connectivity index (χ3v) is 2.14. The van der Waals surface area contributed by atoms with Crippen LogP contribution in [0.25, 0.3) is 0 Å². The molecule has 1 aromatic rings. The number of ether oxygens (including phenoxy) is 1. The van der Waals surface area contributed by atoms with Crippen molar-refractivity contribution in [2.24, 2.45) is 0 Å². The van der Waals surface area contributed by atoms with Crippen LogP contribution in [0.2, 0.25) is 0 Å². The van der Waals surface area contributed by atoms with Crippen molar-refractivity contribution in [2.75, 3.05) is 6.61 Å². The van der Waals surface area contributed by atoms with E-state index in [9.17, 15) is 10.1 Å². The van der Waals surface area contributed by atoms with Crippen molar-refractivity contribution in [2.45, 2.75) is 19.6 Å². The predicted molar refractivity (Wildman–Crippen MR) is 43.2 cm³/mol. The van der Waals surface area contributed by atoms with Gasteiger partial charge < -0.3 is 14.9 Å². The summed E-state index contributed by atoms with van der Waals surface area (Å²) in [5.41, 5.74) is -0.553. The normalized spacial score (nSPS) is 26.0. The van der Waals surface area contributed by atoms with Gasteiger partial charge in [0.25, 0.3) is 0 Å². The fourth-order valence-corrected chi connectivity index (χ4v) is 1.38. The molecular formula is C7H9N3O3. The number of hydrogen-bond acceptors (Lipinski definition) is 4. The molecule has 0 bridgehead atoms. The van der Waals surface area contributed by atoms with Crippen molar-refractivity contribution in [3.05, 3.63) is 22.1 Å². The fourth-order valence-electron chi connectivity index (χ4n) is 1.38. The molecule has 1 saturated heterocycles. The van der Waals surface area contributed by atoms with Gasteiger partial charge in [-0.1, -0.05) is 0 Å². The van der Waals surface area contributed by atoms with Gasteiger partial charge in [0.05, 0.1) is 0 Å². The molecule has 1 aromatic heterocycles. The molecule has 0 spiro atoms. The molecule has 0 aromatic carbocycles. The largest absolute Gasteiger partial charge is 0.358 e. The van der Waals surface area contributed by atoms with Crippen molar-refractivity contribution in [3.8, 4) is 0 Å². The zero-order valence-electron chi connectivity index (χ0n) is 7.35. The lowest BCUT2D eigenvalue weighted by Crippen LogP contribution is -2.17. The van der Waals surface area contributed by atoms with Crippen molar-refractivity contribution in [3.63, 3.8) is 0 Å². The van der Waals surface area contributed by atoms with Crippen LogP contribution >= 0.6 is 0 Å². The second-order valence-corrected chi connectivity index (χ2v) is 3.22.